The van der Waals surface area contributed by atoms with Crippen molar-refractivity contribution in [2.45, 2.75) is 18.6 Å². The minimum Gasteiger partial charge on any atom is -0.391 e. The lowest BCUT2D eigenvalue weighted by atomic mass is 10.1. The normalized spacial score (nSPS) is 23.1. The van der Waals surface area contributed by atoms with Gasteiger partial charge in [-0.25, -0.2) is 4.39 Å². The lowest BCUT2D eigenvalue weighted by Gasteiger charge is -2.22. The number of hydrogen-bond acceptors (Lipinski definition) is 3. The highest BCUT2D eigenvalue weighted by molar-refractivity contribution is 5.98. The summed E-state index contributed by atoms with van der Waals surface area (Å²) in [5, 5.41) is 9.49. The van der Waals surface area contributed by atoms with Gasteiger partial charge in [0, 0.05) is 13.0 Å². The zero-order valence-corrected chi connectivity index (χ0v) is 9.54. The second-order valence-corrected chi connectivity index (χ2v) is 4.25. The minimum atomic E-state index is -0.882. The van der Waals surface area contributed by atoms with Gasteiger partial charge in [0.15, 0.2) is 0 Å². The predicted octanol–water partition coefficient (Wildman–Crippen LogP) is -0.114. The van der Waals surface area contributed by atoms with Crippen LogP contribution in [0.1, 0.15) is 16.8 Å². The molecule has 1 aliphatic rings. The molecule has 96 valence electrons. The number of primary amides is 1. The van der Waals surface area contributed by atoms with E-state index in [0.717, 1.165) is 4.90 Å². The van der Waals surface area contributed by atoms with Crippen molar-refractivity contribution in [1.29, 1.82) is 0 Å². The van der Waals surface area contributed by atoms with Crippen molar-refractivity contribution in [3.8, 4) is 0 Å². The highest BCUT2D eigenvalue weighted by Crippen LogP contribution is 2.21. The third-order valence-electron chi connectivity index (χ3n) is 2.97. The van der Waals surface area contributed by atoms with Crippen molar-refractivity contribution < 1.29 is 19.1 Å². The number of aliphatic hydroxyl groups is 1. The maximum Gasteiger partial charge on any atom is 0.257 e. The average Bonchev–Trinajstić information content (AvgIpc) is 2.71. The molecule has 1 aliphatic heterocycles. The molecule has 1 aromatic carbocycles. The lowest BCUT2D eigenvalue weighted by Crippen LogP contribution is -2.44. The fraction of sp³-hybridized carbons (Fsp3) is 0.333. The van der Waals surface area contributed by atoms with Crippen molar-refractivity contribution >= 4 is 11.8 Å². The third kappa shape index (κ3) is 2.19. The van der Waals surface area contributed by atoms with Crippen LogP contribution in [0.4, 0.5) is 4.39 Å². The summed E-state index contributed by atoms with van der Waals surface area (Å²) in [5.74, 6) is -1.99. The molecule has 2 atom stereocenters. The minimum absolute atomic E-state index is 0.0131. The van der Waals surface area contributed by atoms with Crippen LogP contribution < -0.4 is 5.73 Å². The van der Waals surface area contributed by atoms with Crippen LogP contribution in [-0.2, 0) is 4.79 Å². The molecule has 0 radical (unpaired) electrons. The lowest BCUT2D eigenvalue weighted by molar-refractivity contribution is -0.121. The molecule has 0 bridgehead atoms. The summed E-state index contributed by atoms with van der Waals surface area (Å²) in [6.45, 7) is -0.0131. The molecule has 18 heavy (non-hydrogen) atoms. The Balaban J connectivity index is 2.28. The van der Waals surface area contributed by atoms with Gasteiger partial charge in [-0.2, -0.15) is 0 Å². The first-order valence-electron chi connectivity index (χ1n) is 5.53. The van der Waals surface area contributed by atoms with Crippen LogP contribution in [0.25, 0.3) is 0 Å². The van der Waals surface area contributed by atoms with E-state index in [9.17, 15) is 19.1 Å². The van der Waals surface area contributed by atoms with Gasteiger partial charge in [-0.3, -0.25) is 9.59 Å². The van der Waals surface area contributed by atoms with Crippen molar-refractivity contribution in [2.24, 2.45) is 5.73 Å². The molecular formula is C12H13FN2O3. The van der Waals surface area contributed by atoms with Gasteiger partial charge in [0.25, 0.3) is 5.91 Å². The average molecular weight is 252 g/mol. The van der Waals surface area contributed by atoms with Gasteiger partial charge >= 0.3 is 0 Å². The van der Waals surface area contributed by atoms with E-state index in [0.29, 0.717) is 0 Å². The number of nitrogens with zero attached hydrogens (tertiary/aromatic N) is 1. The van der Waals surface area contributed by atoms with Crippen LogP contribution in [0.5, 0.6) is 0 Å². The van der Waals surface area contributed by atoms with Crippen molar-refractivity contribution in [1.82, 2.24) is 4.90 Å². The van der Waals surface area contributed by atoms with Crippen LogP contribution in [0, 0.1) is 5.82 Å². The maximum atomic E-state index is 13.5. The number of hydrogen-bond donors (Lipinski definition) is 2. The first kappa shape index (κ1) is 12.5. The molecule has 1 heterocycles. The van der Waals surface area contributed by atoms with E-state index in [1.54, 1.807) is 0 Å². The number of nitrogens with two attached hydrogens (primary N) is 1. The molecule has 2 unspecified atom stereocenters. The van der Waals surface area contributed by atoms with Gasteiger partial charge in [0.1, 0.15) is 11.9 Å². The van der Waals surface area contributed by atoms with E-state index in [1.165, 1.54) is 24.3 Å². The summed E-state index contributed by atoms with van der Waals surface area (Å²) < 4.78 is 13.5. The summed E-state index contributed by atoms with van der Waals surface area (Å²) in [7, 11) is 0. The number of β-amino-alcohol motifs (C(OH)–C–C–N with tert-alkyl or cyclic N) is 1. The number of benzene rings is 1. The van der Waals surface area contributed by atoms with Crippen LogP contribution in [0.15, 0.2) is 24.3 Å². The molecule has 0 aromatic heterocycles. The molecule has 5 nitrogen and oxygen atoms in total. The second-order valence-electron chi connectivity index (χ2n) is 4.25. The molecule has 1 aromatic rings. The highest BCUT2D eigenvalue weighted by Gasteiger charge is 2.38. The number of likely N-dealkylation sites (tertiary alicyclic amines) is 1. The van der Waals surface area contributed by atoms with E-state index in [-0.39, 0.29) is 18.5 Å². The molecule has 0 saturated carbocycles. The topological polar surface area (TPSA) is 83.6 Å². The fourth-order valence-electron chi connectivity index (χ4n) is 2.10. The molecule has 6 heteroatoms. The number of halogens is 1. The monoisotopic (exact) mass is 252 g/mol. The molecule has 0 spiro atoms. The van der Waals surface area contributed by atoms with Crippen molar-refractivity contribution in [3.05, 3.63) is 35.6 Å². The molecule has 1 saturated heterocycles. The standard InChI is InChI=1S/C12H13FN2O3/c13-9-4-2-1-3-8(9)12(18)15-6-7(16)5-10(15)11(14)17/h1-4,7,10,16H,5-6H2,(H2,14,17). The zero-order valence-electron chi connectivity index (χ0n) is 9.54. The number of carbonyl (C=O) groups is 2. The molecule has 3 N–H and O–H groups in total. The van der Waals surface area contributed by atoms with E-state index in [2.05, 4.69) is 0 Å². The largest absolute Gasteiger partial charge is 0.391 e. The van der Waals surface area contributed by atoms with Crippen LogP contribution in [0.2, 0.25) is 0 Å². The smallest absolute Gasteiger partial charge is 0.257 e. The third-order valence-corrected chi connectivity index (χ3v) is 2.97. The van der Waals surface area contributed by atoms with Gasteiger partial charge in [-0.1, -0.05) is 12.1 Å². The Morgan fingerprint density at radius 2 is 2.06 bits per heavy atom. The van der Waals surface area contributed by atoms with E-state index in [1.807, 2.05) is 0 Å². The van der Waals surface area contributed by atoms with Crippen LogP contribution >= 0.6 is 0 Å². The number of aliphatic hydroxyl groups excluding tert-OH is 1. The quantitative estimate of drug-likeness (QED) is 0.770. The van der Waals surface area contributed by atoms with Gasteiger partial charge in [0.2, 0.25) is 5.91 Å². The molecule has 2 amide bonds. The van der Waals surface area contributed by atoms with Crippen molar-refractivity contribution in [3.63, 3.8) is 0 Å². The first-order chi connectivity index (χ1) is 8.50. The highest BCUT2D eigenvalue weighted by atomic mass is 19.1. The Kier molecular flexibility index (Phi) is 3.29. The summed E-state index contributed by atoms with van der Waals surface area (Å²) in [5.41, 5.74) is 5.04. The maximum absolute atomic E-state index is 13.5. The number of rotatable bonds is 2. The summed E-state index contributed by atoms with van der Waals surface area (Å²) in [6.07, 6.45) is -0.714. The molecule has 1 fully saturated rings. The summed E-state index contributed by atoms with van der Waals surface area (Å²) >= 11 is 0. The Hall–Kier alpha value is -1.95. The van der Waals surface area contributed by atoms with E-state index >= 15 is 0 Å². The van der Waals surface area contributed by atoms with Crippen LogP contribution in [0.3, 0.4) is 0 Å². The van der Waals surface area contributed by atoms with Crippen molar-refractivity contribution in [2.75, 3.05) is 6.54 Å². The SMILES string of the molecule is NC(=O)C1CC(O)CN1C(=O)c1ccccc1F. The summed E-state index contributed by atoms with van der Waals surface area (Å²) in [4.78, 5) is 24.4. The van der Waals surface area contributed by atoms with Gasteiger partial charge in [-0.15, -0.1) is 0 Å². The first-order valence-corrected chi connectivity index (χ1v) is 5.53. The van der Waals surface area contributed by atoms with E-state index in [4.69, 9.17) is 5.73 Å². The van der Waals surface area contributed by atoms with E-state index < -0.39 is 29.8 Å². The summed E-state index contributed by atoms with van der Waals surface area (Å²) in [6, 6.07) is 4.62. The van der Waals surface area contributed by atoms with Gasteiger partial charge in [0.05, 0.1) is 11.7 Å². The van der Waals surface area contributed by atoms with Crippen LogP contribution in [-0.4, -0.2) is 40.5 Å². The molecular weight excluding hydrogens is 239 g/mol. The Morgan fingerprint density at radius 1 is 1.39 bits per heavy atom. The fourth-order valence-corrected chi connectivity index (χ4v) is 2.10. The second kappa shape index (κ2) is 4.73. The Bertz CT molecular complexity index is 492. The Labute approximate surface area is 103 Å². The molecule has 2 rings (SSSR count). The van der Waals surface area contributed by atoms with Gasteiger partial charge < -0.3 is 15.7 Å². The van der Waals surface area contributed by atoms with Gasteiger partial charge in [-0.05, 0) is 12.1 Å². The number of amides is 2. The predicted molar refractivity (Wildman–Crippen MR) is 61.0 cm³/mol. The number of carbonyl (C=O) groups excluding carboxylic acids is 2. The molecule has 0 aliphatic carbocycles. The Morgan fingerprint density at radius 3 is 2.67 bits per heavy atom. The zero-order chi connectivity index (χ0) is 13.3.